The van der Waals surface area contributed by atoms with E-state index in [1.807, 2.05) is 18.0 Å². The molecule has 0 aliphatic heterocycles. The predicted octanol–water partition coefficient (Wildman–Crippen LogP) is 2.77. The normalized spacial score (nSPS) is 11.9. The van der Waals surface area contributed by atoms with Crippen molar-refractivity contribution in [2.75, 3.05) is 32.1 Å². The fourth-order valence-corrected chi connectivity index (χ4v) is 2.75. The van der Waals surface area contributed by atoms with E-state index in [2.05, 4.69) is 26.9 Å². The predicted molar refractivity (Wildman–Crippen MR) is 94.3 cm³/mol. The maximum Gasteiger partial charge on any atom is 0.190 e. The molecule has 120 valence electrons. The number of H-pyrrole nitrogens is 1. The highest BCUT2D eigenvalue weighted by atomic mass is 32.2. The average Bonchev–Trinajstić information content (AvgIpc) is 2.92. The molecule has 1 aromatic carbocycles. The lowest BCUT2D eigenvalue weighted by Crippen LogP contribution is -2.38. The molecule has 0 fully saturated rings. The number of halogens is 1. The van der Waals surface area contributed by atoms with Crippen molar-refractivity contribution in [3.8, 4) is 0 Å². The Bertz CT molecular complexity index is 624. The van der Waals surface area contributed by atoms with Gasteiger partial charge in [0.25, 0.3) is 0 Å². The van der Waals surface area contributed by atoms with Crippen molar-refractivity contribution in [1.82, 2.24) is 15.6 Å². The van der Waals surface area contributed by atoms with Crippen LogP contribution in [0.2, 0.25) is 0 Å². The number of fused-ring (bicyclic) bond motifs is 1. The smallest absolute Gasteiger partial charge is 0.190 e. The van der Waals surface area contributed by atoms with Gasteiger partial charge in [0, 0.05) is 37.2 Å². The maximum atomic E-state index is 13.3. The monoisotopic (exact) mass is 322 g/mol. The minimum Gasteiger partial charge on any atom is -0.361 e. The van der Waals surface area contributed by atoms with Crippen LogP contribution >= 0.6 is 11.8 Å². The second-order valence-corrected chi connectivity index (χ2v) is 6.01. The Kier molecular flexibility index (Phi) is 6.58. The number of guanidine groups is 1. The fourth-order valence-electron chi connectivity index (χ4n) is 2.32. The van der Waals surface area contributed by atoms with Gasteiger partial charge in [-0.3, -0.25) is 4.99 Å². The van der Waals surface area contributed by atoms with E-state index in [-0.39, 0.29) is 5.82 Å². The zero-order valence-corrected chi connectivity index (χ0v) is 13.9. The van der Waals surface area contributed by atoms with Gasteiger partial charge in [-0.25, -0.2) is 4.39 Å². The molecule has 0 aliphatic rings. The van der Waals surface area contributed by atoms with E-state index in [9.17, 15) is 4.39 Å². The van der Waals surface area contributed by atoms with Gasteiger partial charge in [-0.2, -0.15) is 11.8 Å². The quantitative estimate of drug-likeness (QED) is 0.417. The molecule has 0 amide bonds. The van der Waals surface area contributed by atoms with Gasteiger partial charge in [-0.15, -0.1) is 0 Å². The van der Waals surface area contributed by atoms with E-state index in [0.717, 1.165) is 54.1 Å². The lowest BCUT2D eigenvalue weighted by atomic mass is 10.1. The number of thioether (sulfide) groups is 1. The van der Waals surface area contributed by atoms with Crippen molar-refractivity contribution in [3.05, 3.63) is 35.8 Å². The first-order valence-electron chi connectivity index (χ1n) is 7.43. The Morgan fingerprint density at radius 2 is 2.14 bits per heavy atom. The topological polar surface area (TPSA) is 52.2 Å². The summed E-state index contributed by atoms with van der Waals surface area (Å²) < 4.78 is 13.3. The van der Waals surface area contributed by atoms with Crippen LogP contribution in [0.15, 0.2) is 29.4 Å². The van der Waals surface area contributed by atoms with Crippen LogP contribution in [-0.4, -0.2) is 43.1 Å². The molecule has 0 radical (unpaired) electrons. The number of benzene rings is 1. The standard InChI is InChI=1S/C16H23FN4S/c1-18-16(19-7-3-9-22-2)20-8-6-12-11-21-15-5-4-13(17)10-14(12)15/h4-5,10-11,21H,3,6-9H2,1-2H3,(H2,18,19,20). The molecule has 1 aromatic heterocycles. The summed E-state index contributed by atoms with van der Waals surface area (Å²) in [6, 6.07) is 4.83. The minimum atomic E-state index is -0.201. The summed E-state index contributed by atoms with van der Waals surface area (Å²) in [7, 11) is 1.77. The van der Waals surface area contributed by atoms with Gasteiger partial charge in [-0.05, 0) is 48.6 Å². The molecule has 2 rings (SSSR count). The van der Waals surface area contributed by atoms with E-state index in [1.165, 1.54) is 6.07 Å². The molecule has 0 saturated carbocycles. The first-order valence-corrected chi connectivity index (χ1v) is 8.83. The van der Waals surface area contributed by atoms with Crippen LogP contribution in [-0.2, 0) is 6.42 Å². The van der Waals surface area contributed by atoms with E-state index in [4.69, 9.17) is 0 Å². The van der Waals surface area contributed by atoms with Crippen molar-refractivity contribution in [2.24, 2.45) is 4.99 Å². The zero-order chi connectivity index (χ0) is 15.8. The fraction of sp³-hybridized carbons (Fsp3) is 0.438. The van der Waals surface area contributed by atoms with Crippen LogP contribution in [0.4, 0.5) is 4.39 Å². The molecule has 1 heterocycles. The number of aliphatic imine (C=N–C) groups is 1. The molecule has 0 saturated heterocycles. The Morgan fingerprint density at radius 3 is 2.91 bits per heavy atom. The maximum absolute atomic E-state index is 13.3. The Hall–Kier alpha value is -1.69. The lowest BCUT2D eigenvalue weighted by Gasteiger charge is -2.11. The van der Waals surface area contributed by atoms with Crippen LogP contribution in [0.5, 0.6) is 0 Å². The molecule has 2 aromatic rings. The van der Waals surface area contributed by atoms with Gasteiger partial charge >= 0.3 is 0 Å². The van der Waals surface area contributed by atoms with Crippen molar-refractivity contribution in [3.63, 3.8) is 0 Å². The lowest BCUT2D eigenvalue weighted by molar-refractivity contribution is 0.629. The van der Waals surface area contributed by atoms with Crippen LogP contribution < -0.4 is 10.6 Å². The molecular formula is C16H23FN4S. The minimum absolute atomic E-state index is 0.201. The molecule has 0 aliphatic carbocycles. The van der Waals surface area contributed by atoms with Crippen molar-refractivity contribution in [1.29, 1.82) is 0 Å². The van der Waals surface area contributed by atoms with Gasteiger partial charge in [-0.1, -0.05) is 0 Å². The number of rotatable bonds is 7. The summed E-state index contributed by atoms with van der Waals surface area (Å²) >= 11 is 1.84. The molecule has 4 nitrogen and oxygen atoms in total. The second-order valence-electron chi connectivity index (χ2n) is 5.03. The number of aromatic amines is 1. The highest BCUT2D eigenvalue weighted by Crippen LogP contribution is 2.19. The van der Waals surface area contributed by atoms with E-state index >= 15 is 0 Å². The van der Waals surface area contributed by atoms with Crippen molar-refractivity contribution < 1.29 is 4.39 Å². The first-order chi connectivity index (χ1) is 10.7. The molecule has 0 spiro atoms. The molecular weight excluding hydrogens is 299 g/mol. The molecule has 0 atom stereocenters. The second kappa shape index (κ2) is 8.68. The third-order valence-corrected chi connectivity index (χ3v) is 4.15. The van der Waals surface area contributed by atoms with Crippen LogP contribution in [0, 0.1) is 5.82 Å². The van der Waals surface area contributed by atoms with Gasteiger partial charge in [0.1, 0.15) is 5.82 Å². The number of nitrogens with zero attached hydrogens (tertiary/aromatic N) is 1. The van der Waals surface area contributed by atoms with Crippen LogP contribution in [0.25, 0.3) is 10.9 Å². The van der Waals surface area contributed by atoms with Gasteiger partial charge in [0.15, 0.2) is 5.96 Å². The van der Waals surface area contributed by atoms with Crippen molar-refractivity contribution >= 4 is 28.6 Å². The largest absolute Gasteiger partial charge is 0.361 e. The summed E-state index contributed by atoms with van der Waals surface area (Å²) in [5.41, 5.74) is 2.08. The van der Waals surface area contributed by atoms with E-state index < -0.39 is 0 Å². The zero-order valence-electron chi connectivity index (χ0n) is 13.1. The number of hydrogen-bond donors (Lipinski definition) is 3. The van der Waals surface area contributed by atoms with Gasteiger partial charge in [0.05, 0.1) is 0 Å². The van der Waals surface area contributed by atoms with Crippen molar-refractivity contribution in [2.45, 2.75) is 12.8 Å². The third kappa shape index (κ3) is 4.66. The molecule has 22 heavy (non-hydrogen) atoms. The summed E-state index contributed by atoms with van der Waals surface area (Å²) in [4.78, 5) is 7.37. The molecule has 0 unspecified atom stereocenters. The number of aromatic nitrogens is 1. The Balaban J connectivity index is 1.82. The van der Waals surface area contributed by atoms with Crippen LogP contribution in [0.3, 0.4) is 0 Å². The first kappa shape index (κ1) is 16.7. The Labute approximate surface area is 135 Å². The Morgan fingerprint density at radius 1 is 1.32 bits per heavy atom. The summed E-state index contributed by atoms with van der Waals surface area (Å²) in [5, 5.41) is 7.53. The summed E-state index contributed by atoms with van der Waals surface area (Å²) in [5.74, 6) is 1.75. The van der Waals surface area contributed by atoms with Gasteiger partial charge < -0.3 is 15.6 Å². The summed E-state index contributed by atoms with van der Waals surface area (Å²) in [6.07, 6.45) is 5.98. The number of hydrogen-bond acceptors (Lipinski definition) is 2. The highest BCUT2D eigenvalue weighted by Gasteiger charge is 2.05. The van der Waals surface area contributed by atoms with Crippen LogP contribution in [0.1, 0.15) is 12.0 Å². The SMILES string of the molecule is CN=C(NCCCSC)NCCc1c[nH]c2ccc(F)cc12. The van der Waals surface area contributed by atoms with E-state index in [0.29, 0.717) is 0 Å². The molecule has 3 N–H and O–H groups in total. The average molecular weight is 322 g/mol. The highest BCUT2D eigenvalue weighted by molar-refractivity contribution is 7.98. The molecule has 6 heteroatoms. The number of nitrogens with one attached hydrogen (secondary N) is 3. The summed E-state index contributed by atoms with van der Waals surface area (Å²) in [6.45, 7) is 1.67. The molecule has 0 bridgehead atoms. The van der Waals surface area contributed by atoms with Gasteiger partial charge in [0.2, 0.25) is 0 Å². The third-order valence-electron chi connectivity index (χ3n) is 3.46. The van der Waals surface area contributed by atoms with E-state index in [1.54, 1.807) is 19.2 Å².